The lowest BCUT2D eigenvalue weighted by Gasteiger charge is -2.20. The maximum atomic E-state index is 13.6. The molecule has 0 radical (unpaired) electrons. The first-order valence-electron chi connectivity index (χ1n) is 12.3. The summed E-state index contributed by atoms with van der Waals surface area (Å²) in [4.78, 5) is 41.6. The molecule has 0 atom stereocenters. The average molecular weight is 468 g/mol. The predicted octanol–water partition coefficient (Wildman–Crippen LogP) is 4.15. The topological polar surface area (TPSA) is 64.3 Å². The number of para-hydroxylation sites is 1. The van der Waals surface area contributed by atoms with E-state index in [0.717, 1.165) is 37.1 Å². The number of nitrogens with zero attached hydrogens (tertiary/aromatic N) is 3. The highest BCUT2D eigenvalue weighted by molar-refractivity contribution is 5.79. The van der Waals surface area contributed by atoms with Gasteiger partial charge in [-0.05, 0) is 48.2 Å². The van der Waals surface area contributed by atoms with Crippen LogP contribution in [0.25, 0.3) is 16.6 Å². The van der Waals surface area contributed by atoms with Crippen LogP contribution in [0, 0.1) is 0 Å². The van der Waals surface area contributed by atoms with Gasteiger partial charge < -0.3 is 4.90 Å². The van der Waals surface area contributed by atoms with E-state index in [1.165, 1.54) is 17.4 Å². The Labute approximate surface area is 204 Å². The monoisotopic (exact) mass is 467 g/mol. The van der Waals surface area contributed by atoms with E-state index in [1.807, 2.05) is 65.6 Å². The van der Waals surface area contributed by atoms with Gasteiger partial charge in [0.1, 0.15) is 0 Å². The molecule has 3 aromatic carbocycles. The number of carbonyl (C=O) groups excluding carboxylic acids is 1. The van der Waals surface area contributed by atoms with Gasteiger partial charge in [-0.15, -0.1) is 0 Å². The van der Waals surface area contributed by atoms with Crippen molar-refractivity contribution in [3.05, 3.63) is 111 Å². The summed E-state index contributed by atoms with van der Waals surface area (Å²) in [5.41, 5.74) is 2.24. The second-order valence-electron chi connectivity index (χ2n) is 9.15. The van der Waals surface area contributed by atoms with Crippen molar-refractivity contribution in [2.24, 2.45) is 0 Å². The average Bonchev–Trinajstić information content (AvgIpc) is 3.18. The molecule has 178 valence electrons. The predicted molar refractivity (Wildman–Crippen MR) is 138 cm³/mol. The van der Waals surface area contributed by atoms with Crippen molar-refractivity contribution in [3.8, 4) is 5.69 Å². The Bertz CT molecular complexity index is 1450. The summed E-state index contributed by atoms with van der Waals surface area (Å²) in [6.45, 7) is 2.01. The van der Waals surface area contributed by atoms with Crippen molar-refractivity contribution >= 4 is 16.8 Å². The van der Waals surface area contributed by atoms with Crippen molar-refractivity contribution in [1.29, 1.82) is 0 Å². The number of aromatic nitrogens is 2. The summed E-state index contributed by atoms with van der Waals surface area (Å²) in [5, 5.41) is 0.489. The summed E-state index contributed by atoms with van der Waals surface area (Å²) >= 11 is 0. The molecule has 1 fully saturated rings. The van der Waals surface area contributed by atoms with Crippen LogP contribution in [0.3, 0.4) is 0 Å². The van der Waals surface area contributed by atoms with Gasteiger partial charge in [0.2, 0.25) is 5.91 Å². The molecule has 5 rings (SSSR count). The number of rotatable bonds is 5. The number of hydrogen-bond donors (Lipinski definition) is 0. The number of benzene rings is 3. The van der Waals surface area contributed by atoms with E-state index in [9.17, 15) is 14.4 Å². The highest BCUT2D eigenvalue weighted by Crippen LogP contribution is 2.15. The van der Waals surface area contributed by atoms with E-state index in [0.29, 0.717) is 29.6 Å². The lowest BCUT2D eigenvalue weighted by atomic mass is 10.1. The third-order valence-electron chi connectivity index (χ3n) is 6.74. The van der Waals surface area contributed by atoms with E-state index >= 15 is 0 Å². The normalized spacial score (nSPS) is 14.1. The molecule has 6 heteroatoms. The van der Waals surface area contributed by atoms with Gasteiger partial charge in [0.05, 0.1) is 29.6 Å². The lowest BCUT2D eigenvalue weighted by molar-refractivity contribution is -0.130. The zero-order valence-corrected chi connectivity index (χ0v) is 19.7. The summed E-state index contributed by atoms with van der Waals surface area (Å²) in [6.07, 6.45) is 4.81. The Balaban J connectivity index is 1.49. The molecular weight excluding hydrogens is 438 g/mol. The van der Waals surface area contributed by atoms with Gasteiger partial charge in [-0.25, -0.2) is 9.36 Å². The number of carbonyl (C=O) groups is 1. The molecule has 0 N–H and O–H groups in total. The zero-order valence-electron chi connectivity index (χ0n) is 19.7. The maximum Gasteiger partial charge on any atom is 0.336 e. The molecule has 0 bridgehead atoms. The Morgan fingerprint density at radius 2 is 1.37 bits per heavy atom. The Hall–Kier alpha value is -3.93. The fourth-order valence-electron chi connectivity index (χ4n) is 4.84. The van der Waals surface area contributed by atoms with Crippen LogP contribution in [0.5, 0.6) is 0 Å². The molecule has 0 spiro atoms. The van der Waals surface area contributed by atoms with Crippen LogP contribution in [-0.4, -0.2) is 33.0 Å². The van der Waals surface area contributed by atoms with Crippen LogP contribution in [-0.2, 0) is 17.8 Å². The van der Waals surface area contributed by atoms with Crippen LogP contribution in [0.4, 0.5) is 0 Å². The summed E-state index contributed by atoms with van der Waals surface area (Å²) in [6, 6.07) is 24.1. The molecule has 1 amide bonds. The first kappa shape index (κ1) is 22.8. The second kappa shape index (κ2) is 10.1. The molecule has 1 aliphatic heterocycles. The highest BCUT2D eigenvalue weighted by atomic mass is 16.2. The zero-order chi connectivity index (χ0) is 24.2. The smallest absolute Gasteiger partial charge is 0.336 e. The Morgan fingerprint density at radius 1 is 0.714 bits per heavy atom. The van der Waals surface area contributed by atoms with Crippen molar-refractivity contribution < 1.29 is 4.79 Å². The molecule has 0 unspecified atom stereocenters. The lowest BCUT2D eigenvalue weighted by Crippen LogP contribution is -2.39. The van der Waals surface area contributed by atoms with E-state index in [-0.39, 0.29) is 17.2 Å². The van der Waals surface area contributed by atoms with E-state index < -0.39 is 0 Å². The van der Waals surface area contributed by atoms with Crippen molar-refractivity contribution in [2.45, 2.75) is 38.6 Å². The largest absolute Gasteiger partial charge is 0.342 e. The number of likely N-dealkylation sites (tertiary alicyclic amines) is 1. The molecule has 2 heterocycles. The standard InChI is InChI=1S/C29H29N3O3/c33-27(30-18-8-1-2-9-19-30)20-22-14-16-24(17-15-22)32-28(34)25-12-6-7-13-26(25)31(29(32)35)21-23-10-4-3-5-11-23/h3-7,10-17H,1-2,8-9,18-21H2. The minimum absolute atomic E-state index is 0.132. The fraction of sp³-hybridized carbons (Fsp3) is 0.276. The highest BCUT2D eigenvalue weighted by Gasteiger charge is 2.17. The van der Waals surface area contributed by atoms with Gasteiger partial charge in [-0.3, -0.25) is 14.2 Å². The van der Waals surface area contributed by atoms with E-state index in [1.54, 1.807) is 22.8 Å². The minimum atomic E-state index is -0.383. The third-order valence-corrected chi connectivity index (χ3v) is 6.74. The van der Waals surface area contributed by atoms with Crippen molar-refractivity contribution in [3.63, 3.8) is 0 Å². The van der Waals surface area contributed by atoms with Crippen LogP contribution in [0.1, 0.15) is 36.8 Å². The summed E-state index contributed by atoms with van der Waals surface area (Å²) < 4.78 is 2.87. The van der Waals surface area contributed by atoms with Crippen LogP contribution >= 0.6 is 0 Å². The molecule has 35 heavy (non-hydrogen) atoms. The minimum Gasteiger partial charge on any atom is -0.342 e. The van der Waals surface area contributed by atoms with Crippen molar-refractivity contribution in [1.82, 2.24) is 14.0 Å². The molecule has 1 saturated heterocycles. The van der Waals surface area contributed by atoms with Crippen LogP contribution < -0.4 is 11.2 Å². The number of fused-ring (bicyclic) bond motifs is 1. The Kier molecular flexibility index (Phi) is 6.62. The molecule has 6 nitrogen and oxygen atoms in total. The molecule has 1 aromatic heterocycles. The van der Waals surface area contributed by atoms with Gasteiger partial charge in [-0.1, -0.05) is 67.4 Å². The fourth-order valence-corrected chi connectivity index (χ4v) is 4.84. The Morgan fingerprint density at radius 3 is 2.09 bits per heavy atom. The number of amides is 1. The second-order valence-corrected chi connectivity index (χ2v) is 9.15. The van der Waals surface area contributed by atoms with E-state index in [4.69, 9.17) is 0 Å². The number of hydrogen-bond acceptors (Lipinski definition) is 3. The van der Waals surface area contributed by atoms with Crippen LogP contribution in [0.15, 0.2) is 88.5 Å². The molecule has 4 aromatic rings. The van der Waals surface area contributed by atoms with E-state index in [2.05, 4.69) is 0 Å². The quantitative estimate of drug-likeness (QED) is 0.443. The third kappa shape index (κ3) is 4.83. The molecular formula is C29H29N3O3. The maximum absolute atomic E-state index is 13.6. The van der Waals surface area contributed by atoms with Gasteiger partial charge >= 0.3 is 5.69 Å². The molecule has 0 saturated carbocycles. The SMILES string of the molecule is O=C(Cc1ccc(-n2c(=O)c3ccccc3n(Cc3ccccc3)c2=O)cc1)N1CCCCCC1. The first-order valence-corrected chi connectivity index (χ1v) is 12.3. The van der Waals surface area contributed by atoms with Gasteiger partial charge in [0.25, 0.3) is 5.56 Å². The van der Waals surface area contributed by atoms with Crippen LogP contribution in [0.2, 0.25) is 0 Å². The van der Waals surface area contributed by atoms with Gasteiger partial charge in [-0.2, -0.15) is 0 Å². The van der Waals surface area contributed by atoms with Gasteiger partial charge in [0.15, 0.2) is 0 Å². The first-order chi connectivity index (χ1) is 17.1. The summed E-state index contributed by atoms with van der Waals surface area (Å²) in [7, 11) is 0. The molecule has 0 aliphatic carbocycles. The molecule has 1 aliphatic rings. The van der Waals surface area contributed by atoms with Gasteiger partial charge in [0, 0.05) is 13.1 Å². The summed E-state index contributed by atoms with van der Waals surface area (Å²) in [5.74, 6) is 0.132. The van der Waals surface area contributed by atoms with Crippen molar-refractivity contribution in [2.75, 3.05) is 13.1 Å².